The summed E-state index contributed by atoms with van der Waals surface area (Å²) in [6.07, 6.45) is 5.09. The van der Waals surface area contributed by atoms with E-state index in [0.29, 0.717) is 24.1 Å². The summed E-state index contributed by atoms with van der Waals surface area (Å²) in [5.41, 5.74) is 0.0927. The van der Waals surface area contributed by atoms with Gasteiger partial charge in [-0.2, -0.15) is 4.52 Å². The van der Waals surface area contributed by atoms with E-state index in [0.717, 1.165) is 37.8 Å². The normalized spacial score (nSPS) is 19.6. The molecule has 3 aromatic rings. The van der Waals surface area contributed by atoms with Crippen LogP contribution >= 0.6 is 11.6 Å². The van der Waals surface area contributed by atoms with Crippen molar-refractivity contribution in [3.05, 3.63) is 41.2 Å². The zero-order chi connectivity index (χ0) is 20.4. The molecular weight excluding hydrogens is 402 g/mol. The van der Waals surface area contributed by atoms with E-state index >= 15 is 0 Å². The third kappa shape index (κ3) is 4.17. The first-order valence-corrected chi connectivity index (χ1v) is 9.91. The highest BCUT2D eigenvalue weighted by Gasteiger charge is 2.24. The van der Waals surface area contributed by atoms with E-state index in [1.807, 2.05) is 0 Å². The van der Waals surface area contributed by atoms with Crippen LogP contribution in [0.3, 0.4) is 0 Å². The van der Waals surface area contributed by atoms with Crippen molar-refractivity contribution >= 4 is 23.1 Å². The number of hydrogen-bond acceptors (Lipinski definition) is 6. The molecule has 2 aromatic heterocycles. The molecule has 1 saturated carbocycles. The fraction of sp³-hybridized carbons (Fsp3) is 0.421. The van der Waals surface area contributed by atoms with Gasteiger partial charge in [0.1, 0.15) is 11.6 Å². The van der Waals surface area contributed by atoms with Crippen LogP contribution in [0.25, 0.3) is 17.0 Å². The van der Waals surface area contributed by atoms with Crippen molar-refractivity contribution in [2.24, 2.45) is 0 Å². The number of hydrogen-bond donors (Lipinski definition) is 3. The second-order valence-electron chi connectivity index (χ2n) is 7.07. The van der Waals surface area contributed by atoms with Crippen LogP contribution in [0.5, 0.6) is 0 Å². The molecule has 0 spiro atoms. The number of halogens is 3. The van der Waals surface area contributed by atoms with Gasteiger partial charge in [-0.15, -0.1) is 5.10 Å². The maximum Gasteiger partial charge on any atom is 0.198 e. The molecule has 2 heterocycles. The minimum absolute atomic E-state index is 0.103. The maximum absolute atomic E-state index is 14.3. The van der Waals surface area contributed by atoms with Crippen molar-refractivity contribution in [2.75, 3.05) is 18.5 Å². The Labute approximate surface area is 171 Å². The van der Waals surface area contributed by atoms with E-state index < -0.39 is 11.6 Å². The third-order valence-electron chi connectivity index (χ3n) is 5.12. The van der Waals surface area contributed by atoms with E-state index in [1.165, 1.54) is 16.8 Å². The lowest BCUT2D eigenvalue weighted by atomic mass is 9.91. The van der Waals surface area contributed by atoms with Gasteiger partial charge in [-0.25, -0.2) is 18.7 Å². The van der Waals surface area contributed by atoms with E-state index in [9.17, 15) is 8.78 Å². The zero-order valence-electron chi connectivity index (χ0n) is 15.6. The molecule has 0 saturated heterocycles. The standard InChI is InChI=1S/C19H21ClF2N6O/c20-15-10-24-19-18(25-12-6-4-11(5-7-12)23-8-9-29)26-17(27-28(15)19)16-13(21)2-1-3-14(16)22/h1-3,10-12,23,29H,4-9H2,(H,25,26,27). The van der Waals surface area contributed by atoms with Crippen LogP contribution in [0.1, 0.15) is 25.7 Å². The minimum atomic E-state index is -0.748. The van der Waals surface area contributed by atoms with Crippen LogP contribution in [0.2, 0.25) is 5.15 Å². The second kappa shape index (κ2) is 8.56. The number of benzene rings is 1. The molecule has 4 rings (SSSR count). The van der Waals surface area contributed by atoms with Gasteiger partial charge in [-0.05, 0) is 37.8 Å². The number of imidazole rings is 1. The lowest BCUT2D eigenvalue weighted by molar-refractivity contribution is 0.269. The van der Waals surface area contributed by atoms with Crippen LogP contribution in [-0.4, -0.2) is 49.9 Å². The molecule has 0 aliphatic heterocycles. The fourth-order valence-electron chi connectivity index (χ4n) is 3.67. The summed E-state index contributed by atoms with van der Waals surface area (Å²) in [4.78, 5) is 8.61. The topological polar surface area (TPSA) is 87.4 Å². The predicted octanol–water partition coefficient (Wildman–Crippen LogP) is 3.03. The van der Waals surface area contributed by atoms with Gasteiger partial charge in [-0.3, -0.25) is 0 Å². The van der Waals surface area contributed by atoms with Crippen molar-refractivity contribution < 1.29 is 13.9 Å². The number of rotatable bonds is 6. The van der Waals surface area contributed by atoms with Gasteiger partial charge in [-0.1, -0.05) is 17.7 Å². The molecule has 10 heteroatoms. The molecule has 154 valence electrons. The molecule has 1 fully saturated rings. The SMILES string of the molecule is OCCNC1CCC(Nc2nc(-c3c(F)cccc3F)nn3c(Cl)cnc23)CC1. The number of aliphatic hydroxyl groups excluding tert-OH is 1. The van der Waals surface area contributed by atoms with Gasteiger partial charge in [0.15, 0.2) is 22.4 Å². The van der Waals surface area contributed by atoms with Crippen molar-refractivity contribution in [3.63, 3.8) is 0 Å². The first kappa shape index (κ1) is 19.9. The van der Waals surface area contributed by atoms with Crippen molar-refractivity contribution in [1.82, 2.24) is 24.9 Å². The number of anilines is 1. The summed E-state index contributed by atoms with van der Waals surface area (Å²) >= 11 is 6.16. The monoisotopic (exact) mass is 422 g/mol. The molecule has 7 nitrogen and oxygen atoms in total. The van der Waals surface area contributed by atoms with E-state index in [4.69, 9.17) is 16.7 Å². The first-order chi connectivity index (χ1) is 14.1. The van der Waals surface area contributed by atoms with Gasteiger partial charge >= 0.3 is 0 Å². The number of nitrogens with one attached hydrogen (secondary N) is 2. The highest BCUT2D eigenvalue weighted by molar-refractivity contribution is 6.29. The Bertz CT molecular complexity index is 986. The highest BCUT2D eigenvalue weighted by Crippen LogP contribution is 2.28. The molecule has 1 aliphatic rings. The average Bonchev–Trinajstić information content (AvgIpc) is 3.09. The summed E-state index contributed by atoms with van der Waals surface area (Å²) in [6.45, 7) is 0.701. The molecule has 0 unspecified atom stereocenters. The second-order valence-corrected chi connectivity index (χ2v) is 7.45. The molecule has 3 N–H and O–H groups in total. The Morgan fingerprint density at radius 3 is 2.52 bits per heavy atom. The molecule has 0 atom stereocenters. The summed E-state index contributed by atoms with van der Waals surface area (Å²) < 4.78 is 29.9. The summed E-state index contributed by atoms with van der Waals surface area (Å²) in [6, 6.07) is 4.12. The predicted molar refractivity (Wildman–Crippen MR) is 106 cm³/mol. The molecule has 0 amide bonds. The lowest BCUT2D eigenvalue weighted by Gasteiger charge is -2.30. The van der Waals surface area contributed by atoms with E-state index in [1.54, 1.807) is 0 Å². The van der Waals surface area contributed by atoms with Gasteiger partial charge in [0.25, 0.3) is 0 Å². The Balaban J connectivity index is 1.63. The van der Waals surface area contributed by atoms with Crippen LogP contribution in [-0.2, 0) is 0 Å². The van der Waals surface area contributed by atoms with Crippen LogP contribution < -0.4 is 10.6 Å². The number of aliphatic hydroxyl groups is 1. The average molecular weight is 423 g/mol. The Kier molecular flexibility index (Phi) is 5.89. The van der Waals surface area contributed by atoms with Crippen LogP contribution in [0.4, 0.5) is 14.6 Å². The maximum atomic E-state index is 14.3. The van der Waals surface area contributed by atoms with Crippen molar-refractivity contribution in [2.45, 2.75) is 37.8 Å². The molecule has 29 heavy (non-hydrogen) atoms. The van der Waals surface area contributed by atoms with Gasteiger partial charge in [0.2, 0.25) is 0 Å². The molecule has 1 aliphatic carbocycles. The van der Waals surface area contributed by atoms with Crippen LogP contribution in [0.15, 0.2) is 24.4 Å². The summed E-state index contributed by atoms with van der Waals surface area (Å²) in [7, 11) is 0. The zero-order valence-corrected chi connectivity index (χ0v) is 16.3. The van der Waals surface area contributed by atoms with Gasteiger partial charge in [0.05, 0.1) is 18.4 Å². The molecular formula is C19H21ClF2N6O. The quantitative estimate of drug-likeness (QED) is 0.566. The first-order valence-electron chi connectivity index (χ1n) is 9.53. The third-order valence-corrected chi connectivity index (χ3v) is 5.38. The van der Waals surface area contributed by atoms with E-state index in [-0.39, 0.29) is 29.2 Å². The van der Waals surface area contributed by atoms with Gasteiger partial charge < -0.3 is 15.7 Å². The van der Waals surface area contributed by atoms with Crippen molar-refractivity contribution in [1.29, 1.82) is 0 Å². The molecule has 0 radical (unpaired) electrons. The number of fused-ring (bicyclic) bond motifs is 1. The smallest absolute Gasteiger partial charge is 0.198 e. The minimum Gasteiger partial charge on any atom is -0.395 e. The van der Waals surface area contributed by atoms with Gasteiger partial charge in [0, 0.05) is 18.6 Å². The number of nitrogens with zero attached hydrogens (tertiary/aromatic N) is 4. The molecule has 1 aromatic carbocycles. The van der Waals surface area contributed by atoms with Crippen molar-refractivity contribution in [3.8, 4) is 11.4 Å². The summed E-state index contributed by atoms with van der Waals surface area (Å²) in [5, 5.41) is 20.0. The number of aromatic nitrogens is 4. The summed E-state index contributed by atoms with van der Waals surface area (Å²) in [5.74, 6) is -1.21. The Morgan fingerprint density at radius 2 is 1.83 bits per heavy atom. The highest BCUT2D eigenvalue weighted by atomic mass is 35.5. The Hall–Kier alpha value is -2.36. The fourth-order valence-corrected chi connectivity index (χ4v) is 3.84. The lowest BCUT2D eigenvalue weighted by Crippen LogP contribution is -2.38. The molecule has 0 bridgehead atoms. The largest absolute Gasteiger partial charge is 0.395 e. The Morgan fingerprint density at radius 1 is 1.14 bits per heavy atom. The van der Waals surface area contributed by atoms with Crippen LogP contribution in [0, 0.1) is 11.6 Å². The van der Waals surface area contributed by atoms with E-state index in [2.05, 4.69) is 25.7 Å².